The maximum atomic E-state index is 13.4. The number of hydrogen-bond acceptors (Lipinski definition) is 6. The average Bonchev–Trinajstić information content (AvgIpc) is 3.15. The number of ketones is 1. The lowest BCUT2D eigenvalue weighted by atomic mass is 9.95. The topological polar surface area (TPSA) is 85.3 Å². The Hall–Kier alpha value is -4.26. The number of aliphatic hydroxyl groups excluding tert-OH is 1. The second-order valence-corrected chi connectivity index (χ2v) is 8.80. The van der Waals surface area contributed by atoms with E-state index < -0.39 is 17.7 Å². The third-order valence-corrected chi connectivity index (χ3v) is 5.84. The van der Waals surface area contributed by atoms with E-state index in [2.05, 4.69) is 0 Å². The Morgan fingerprint density at radius 3 is 2.19 bits per heavy atom. The van der Waals surface area contributed by atoms with Gasteiger partial charge in [0, 0.05) is 17.3 Å². The van der Waals surface area contributed by atoms with Gasteiger partial charge in [0.25, 0.3) is 11.7 Å². The highest BCUT2D eigenvalue weighted by Gasteiger charge is 2.47. The van der Waals surface area contributed by atoms with Crippen LogP contribution in [0.2, 0.25) is 0 Å². The molecule has 0 aliphatic carbocycles. The SMILES string of the molecule is CCOc1ccc(/C(O)=C2\C(=O)C(=O)N(c3cccc(OCC)c3)C2c2cccc(OC(C)C)c2)cc1. The van der Waals surface area contributed by atoms with Gasteiger partial charge in [-0.15, -0.1) is 0 Å². The second-order valence-electron chi connectivity index (χ2n) is 8.80. The van der Waals surface area contributed by atoms with Crippen molar-refractivity contribution in [1.82, 2.24) is 0 Å². The fourth-order valence-corrected chi connectivity index (χ4v) is 4.37. The first-order valence-corrected chi connectivity index (χ1v) is 12.4. The van der Waals surface area contributed by atoms with Crippen molar-refractivity contribution in [2.75, 3.05) is 18.1 Å². The van der Waals surface area contributed by atoms with Crippen LogP contribution in [-0.4, -0.2) is 36.1 Å². The van der Waals surface area contributed by atoms with Gasteiger partial charge in [-0.3, -0.25) is 14.5 Å². The van der Waals surface area contributed by atoms with E-state index in [1.807, 2.05) is 39.8 Å². The molecule has 0 aromatic heterocycles. The van der Waals surface area contributed by atoms with E-state index in [-0.39, 0.29) is 17.4 Å². The number of carbonyl (C=O) groups excluding carboxylic acids is 2. The molecule has 0 saturated carbocycles. The Morgan fingerprint density at radius 2 is 1.51 bits per heavy atom. The maximum absolute atomic E-state index is 13.4. The predicted molar refractivity (Wildman–Crippen MR) is 142 cm³/mol. The Labute approximate surface area is 216 Å². The van der Waals surface area contributed by atoms with Gasteiger partial charge in [0.15, 0.2) is 0 Å². The quantitative estimate of drug-likeness (QED) is 0.223. The first-order chi connectivity index (χ1) is 17.8. The van der Waals surface area contributed by atoms with Crippen LogP contribution in [0.5, 0.6) is 17.2 Å². The van der Waals surface area contributed by atoms with Gasteiger partial charge in [-0.2, -0.15) is 0 Å². The molecule has 3 aromatic rings. The normalized spacial score (nSPS) is 16.8. The molecular formula is C30H31NO6. The molecule has 7 heteroatoms. The van der Waals surface area contributed by atoms with Crippen LogP contribution in [-0.2, 0) is 9.59 Å². The van der Waals surface area contributed by atoms with Crippen LogP contribution in [0.3, 0.4) is 0 Å². The number of anilines is 1. The number of aliphatic hydroxyl groups is 1. The lowest BCUT2D eigenvalue weighted by molar-refractivity contribution is -0.132. The second kappa shape index (κ2) is 11.2. The van der Waals surface area contributed by atoms with Crippen LogP contribution in [0.1, 0.15) is 44.9 Å². The van der Waals surface area contributed by atoms with Crippen molar-refractivity contribution in [1.29, 1.82) is 0 Å². The Morgan fingerprint density at radius 1 is 0.865 bits per heavy atom. The van der Waals surface area contributed by atoms with Gasteiger partial charge in [0.2, 0.25) is 0 Å². The Kier molecular flexibility index (Phi) is 7.82. The molecule has 4 rings (SSSR count). The van der Waals surface area contributed by atoms with Crippen LogP contribution in [0.15, 0.2) is 78.4 Å². The van der Waals surface area contributed by atoms with Crippen molar-refractivity contribution in [3.05, 3.63) is 89.5 Å². The maximum Gasteiger partial charge on any atom is 0.300 e. The molecule has 1 aliphatic heterocycles. The summed E-state index contributed by atoms with van der Waals surface area (Å²) in [5, 5.41) is 11.4. The number of amides is 1. The van der Waals surface area contributed by atoms with Crippen molar-refractivity contribution in [2.45, 2.75) is 39.8 Å². The van der Waals surface area contributed by atoms with E-state index in [1.54, 1.807) is 60.7 Å². The molecule has 1 atom stereocenters. The van der Waals surface area contributed by atoms with E-state index in [0.717, 1.165) is 0 Å². The monoisotopic (exact) mass is 501 g/mol. The van der Waals surface area contributed by atoms with Gasteiger partial charge in [-0.25, -0.2) is 0 Å². The summed E-state index contributed by atoms with van der Waals surface area (Å²) in [6.45, 7) is 8.56. The number of rotatable bonds is 9. The highest BCUT2D eigenvalue weighted by molar-refractivity contribution is 6.51. The van der Waals surface area contributed by atoms with Crippen LogP contribution in [0.4, 0.5) is 5.69 Å². The van der Waals surface area contributed by atoms with Crippen molar-refractivity contribution in [2.24, 2.45) is 0 Å². The number of benzene rings is 3. The first-order valence-electron chi connectivity index (χ1n) is 12.4. The van der Waals surface area contributed by atoms with E-state index in [0.29, 0.717) is 47.3 Å². The molecule has 1 saturated heterocycles. The number of hydrogen-bond donors (Lipinski definition) is 1. The van der Waals surface area contributed by atoms with Gasteiger partial charge < -0.3 is 19.3 Å². The average molecular weight is 502 g/mol. The summed E-state index contributed by atoms with van der Waals surface area (Å²) >= 11 is 0. The van der Waals surface area contributed by atoms with Gasteiger partial charge in [-0.1, -0.05) is 18.2 Å². The summed E-state index contributed by atoms with van der Waals surface area (Å²) in [4.78, 5) is 28.3. The van der Waals surface area contributed by atoms with Gasteiger partial charge in [0.05, 0.1) is 30.9 Å². The minimum absolute atomic E-state index is 0.00216. The van der Waals surface area contributed by atoms with E-state index in [4.69, 9.17) is 14.2 Å². The summed E-state index contributed by atoms with van der Waals surface area (Å²) in [5.41, 5.74) is 1.52. The van der Waals surface area contributed by atoms with Crippen molar-refractivity contribution < 1.29 is 28.9 Å². The molecule has 0 radical (unpaired) electrons. The smallest absolute Gasteiger partial charge is 0.300 e. The van der Waals surface area contributed by atoms with Crippen LogP contribution >= 0.6 is 0 Å². The van der Waals surface area contributed by atoms with Crippen molar-refractivity contribution >= 4 is 23.1 Å². The number of carbonyl (C=O) groups is 2. The molecule has 1 amide bonds. The Balaban J connectivity index is 1.88. The van der Waals surface area contributed by atoms with Gasteiger partial charge in [-0.05, 0) is 81.8 Å². The lowest BCUT2D eigenvalue weighted by Gasteiger charge is -2.26. The van der Waals surface area contributed by atoms with Gasteiger partial charge in [0.1, 0.15) is 23.0 Å². The summed E-state index contributed by atoms with van der Waals surface area (Å²) in [6.07, 6.45) is -0.0617. The number of nitrogens with zero attached hydrogens (tertiary/aromatic N) is 1. The van der Waals surface area contributed by atoms with E-state index in [9.17, 15) is 14.7 Å². The predicted octanol–water partition coefficient (Wildman–Crippen LogP) is 5.90. The van der Waals surface area contributed by atoms with Crippen molar-refractivity contribution in [3.8, 4) is 17.2 Å². The molecule has 1 unspecified atom stereocenters. The lowest BCUT2D eigenvalue weighted by Crippen LogP contribution is -2.29. The summed E-state index contributed by atoms with van der Waals surface area (Å²) in [6, 6.07) is 20.1. The van der Waals surface area contributed by atoms with E-state index in [1.165, 1.54) is 4.90 Å². The minimum atomic E-state index is -0.876. The highest BCUT2D eigenvalue weighted by atomic mass is 16.5. The molecule has 3 aromatic carbocycles. The molecule has 1 fully saturated rings. The van der Waals surface area contributed by atoms with Crippen molar-refractivity contribution in [3.63, 3.8) is 0 Å². The zero-order valence-corrected chi connectivity index (χ0v) is 21.4. The molecule has 0 bridgehead atoms. The summed E-state index contributed by atoms with van der Waals surface area (Å²) < 4.78 is 17.0. The summed E-state index contributed by atoms with van der Waals surface area (Å²) in [7, 11) is 0. The molecule has 0 spiro atoms. The molecule has 1 aliphatic rings. The third-order valence-electron chi connectivity index (χ3n) is 5.84. The molecule has 1 heterocycles. The van der Waals surface area contributed by atoms with E-state index >= 15 is 0 Å². The number of Topliss-reactive ketones (excluding diaryl/α,β-unsaturated/α-hetero) is 1. The van der Waals surface area contributed by atoms with Gasteiger partial charge >= 0.3 is 0 Å². The number of ether oxygens (including phenoxy) is 3. The first kappa shape index (κ1) is 25.8. The fraction of sp³-hybridized carbons (Fsp3) is 0.267. The fourth-order valence-electron chi connectivity index (χ4n) is 4.37. The van der Waals surface area contributed by atoms with Crippen LogP contribution < -0.4 is 19.1 Å². The third kappa shape index (κ3) is 5.45. The largest absolute Gasteiger partial charge is 0.507 e. The minimum Gasteiger partial charge on any atom is -0.507 e. The standard InChI is InChI=1S/C30H31NO6/c1-5-35-23-15-13-20(14-16-23)28(32)26-27(21-9-7-12-25(17-21)37-19(3)4)31(30(34)29(26)33)22-10-8-11-24(18-22)36-6-2/h7-19,27,32H,5-6H2,1-4H3/b28-26+. The molecule has 1 N–H and O–H groups in total. The van der Waals surface area contributed by atoms with Crippen LogP contribution in [0.25, 0.3) is 5.76 Å². The molecular weight excluding hydrogens is 470 g/mol. The molecule has 7 nitrogen and oxygen atoms in total. The highest BCUT2D eigenvalue weighted by Crippen LogP contribution is 2.43. The van der Waals surface area contributed by atoms with Crippen LogP contribution in [0, 0.1) is 0 Å². The Bertz CT molecular complexity index is 1310. The summed E-state index contributed by atoms with van der Waals surface area (Å²) in [5.74, 6) is 0.0494. The molecule has 37 heavy (non-hydrogen) atoms. The zero-order chi connectivity index (χ0) is 26.5. The molecule has 192 valence electrons. The zero-order valence-electron chi connectivity index (χ0n) is 21.4.